The lowest BCUT2D eigenvalue weighted by Crippen LogP contribution is -2.37. The molecule has 1 amide bonds. The van der Waals surface area contributed by atoms with Crippen LogP contribution >= 0.6 is 11.8 Å². The van der Waals surface area contributed by atoms with Gasteiger partial charge in [0, 0.05) is 17.5 Å². The summed E-state index contributed by atoms with van der Waals surface area (Å²) in [7, 11) is 0. The first-order valence-corrected chi connectivity index (χ1v) is 8.62. The van der Waals surface area contributed by atoms with E-state index >= 15 is 0 Å². The van der Waals surface area contributed by atoms with Crippen molar-refractivity contribution in [2.45, 2.75) is 24.3 Å². The zero-order valence-electron chi connectivity index (χ0n) is 13.3. The first kappa shape index (κ1) is 18.3. The van der Waals surface area contributed by atoms with Crippen molar-refractivity contribution in [2.24, 2.45) is 0 Å². The molecule has 128 valence electrons. The molecule has 3 nitrogen and oxygen atoms in total. The van der Waals surface area contributed by atoms with Gasteiger partial charge in [0.05, 0.1) is 0 Å². The molecule has 0 spiro atoms. The van der Waals surface area contributed by atoms with Gasteiger partial charge < -0.3 is 10.1 Å². The Bertz CT molecular complexity index is 667. The van der Waals surface area contributed by atoms with Crippen LogP contribution in [0.25, 0.3) is 0 Å². The van der Waals surface area contributed by atoms with Crippen LogP contribution in [-0.4, -0.2) is 24.3 Å². The third-order valence-corrected chi connectivity index (χ3v) is 4.30. The lowest BCUT2D eigenvalue weighted by atomic mass is 10.3. The number of carbonyl (C=O) groups is 1. The largest absolute Gasteiger partial charge is 0.481 e. The van der Waals surface area contributed by atoms with Crippen LogP contribution in [0.3, 0.4) is 0 Å². The van der Waals surface area contributed by atoms with Gasteiger partial charge in [0.1, 0.15) is 5.75 Å². The van der Waals surface area contributed by atoms with Gasteiger partial charge in [-0.25, -0.2) is 8.78 Å². The summed E-state index contributed by atoms with van der Waals surface area (Å²) < 4.78 is 31.3. The minimum Gasteiger partial charge on any atom is -0.481 e. The highest BCUT2D eigenvalue weighted by atomic mass is 32.2. The minimum absolute atomic E-state index is 0.121. The van der Waals surface area contributed by atoms with Gasteiger partial charge in [-0.15, -0.1) is 11.8 Å². The molecule has 0 aliphatic rings. The quantitative estimate of drug-likeness (QED) is 0.576. The molecule has 1 N–H and O–H groups in total. The molecule has 0 heterocycles. The second-order valence-corrected chi connectivity index (χ2v) is 6.31. The summed E-state index contributed by atoms with van der Waals surface area (Å²) in [6, 6.07) is 13.2. The van der Waals surface area contributed by atoms with Crippen molar-refractivity contribution in [1.82, 2.24) is 5.32 Å². The maximum Gasteiger partial charge on any atom is 0.260 e. The number of hydrogen-bond donors (Lipinski definition) is 1. The van der Waals surface area contributed by atoms with E-state index in [1.807, 2.05) is 30.3 Å². The van der Waals surface area contributed by atoms with Gasteiger partial charge in [0.2, 0.25) is 0 Å². The molecule has 2 rings (SSSR count). The van der Waals surface area contributed by atoms with Crippen molar-refractivity contribution in [3.05, 3.63) is 60.2 Å². The normalized spacial score (nSPS) is 11.8. The topological polar surface area (TPSA) is 38.3 Å². The van der Waals surface area contributed by atoms with Gasteiger partial charge in [-0.1, -0.05) is 18.2 Å². The number of benzene rings is 2. The molecule has 0 saturated heterocycles. The molecule has 0 radical (unpaired) electrons. The Morgan fingerprint density at radius 3 is 2.62 bits per heavy atom. The molecular formula is C18H19F2NO2S. The molecule has 1 unspecified atom stereocenters. The van der Waals surface area contributed by atoms with Crippen LogP contribution in [-0.2, 0) is 4.79 Å². The average Bonchev–Trinajstić information content (AvgIpc) is 2.58. The summed E-state index contributed by atoms with van der Waals surface area (Å²) in [5.74, 6) is -1.23. The van der Waals surface area contributed by atoms with E-state index in [4.69, 9.17) is 4.74 Å². The number of nitrogens with one attached hydrogen (secondary N) is 1. The van der Waals surface area contributed by atoms with Crippen LogP contribution < -0.4 is 10.1 Å². The molecule has 2 aromatic rings. The Labute approximate surface area is 144 Å². The SMILES string of the molecule is CC(Oc1ccc(F)c(F)c1)C(=O)NCCCSc1ccccc1. The fourth-order valence-corrected chi connectivity index (χ4v) is 2.82. The van der Waals surface area contributed by atoms with Crippen molar-refractivity contribution < 1.29 is 18.3 Å². The highest BCUT2D eigenvalue weighted by molar-refractivity contribution is 7.99. The summed E-state index contributed by atoms with van der Waals surface area (Å²) in [6.45, 7) is 2.10. The summed E-state index contributed by atoms with van der Waals surface area (Å²) in [4.78, 5) is 13.1. The molecule has 24 heavy (non-hydrogen) atoms. The van der Waals surface area contributed by atoms with Crippen LogP contribution in [0.2, 0.25) is 0 Å². The van der Waals surface area contributed by atoms with E-state index in [0.717, 1.165) is 24.3 Å². The van der Waals surface area contributed by atoms with Crippen molar-refractivity contribution in [1.29, 1.82) is 0 Å². The molecular weight excluding hydrogens is 332 g/mol. The van der Waals surface area contributed by atoms with Crippen molar-refractivity contribution in [2.75, 3.05) is 12.3 Å². The zero-order valence-corrected chi connectivity index (χ0v) is 14.1. The smallest absolute Gasteiger partial charge is 0.260 e. The predicted octanol–water partition coefficient (Wildman–Crippen LogP) is 4.03. The van der Waals surface area contributed by atoms with Gasteiger partial charge in [-0.2, -0.15) is 0 Å². The fraction of sp³-hybridized carbons (Fsp3) is 0.278. The third kappa shape index (κ3) is 5.85. The van der Waals surface area contributed by atoms with Crippen LogP contribution in [0.15, 0.2) is 53.4 Å². The van der Waals surface area contributed by atoms with Crippen molar-refractivity contribution in [3.8, 4) is 5.75 Å². The van der Waals surface area contributed by atoms with Crippen LogP contribution in [0.1, 0.15) is 13.3 Å². The third-order valence-electron chi connectivity index (χ3n) is 3.21. The molecule has 0 saturated carbocycles. The molecule has 6 heteroatoms. The van der Waals surface area contributed by atoms with E-state index in [2.05, 4.69) is 5.32 Å². The molecule has 0 aliphatic carbocycles. The Kier molecular flexibility index (Phi) is 7.06. The number of rotatable bonds is 8. The highest BCUT2D eigenvalue weighted by Gasteiger charge is 2.15. The predicted molar refractivity (Wildman–Crippen MR) is 91.2 cm³/mol. The number of thioether (sulfide) groups is 1. The zero-order chi connectivity index (χ0) is 17.4. The molecule has 1 atom stereocenters. The van der Waals surface area contributed by atoms with Gasteiger partial charge >= 0.3 is 0 Å². The number of hydrogen-bond acceptors (Lipinski definition) is 3. The standard InChI is InChI=1S/C18H19F2NO2S/c1-13(23-14-8-9-16(19)17(20)12-14)18(22)21-10-5-11-24-15-6-3-2-4-7-15/h2-4,6-9,12-13H,5,10-11H2,1H3,(H,21,22). The minimum atomic E-state index is -1.00. The van der Waals surface area contributed by atoms with Gasteiger partial charge in [0.15, 0.2) is 17.7 Å². The first-order chi connectivity index (χ1) is 11.6. The van der Waals surface area contributed by atoms with Crippen molar-refractivity contribution >= 4 is 17.7 Å². The van der Waals surface area contributed by atoms with Gasteiger partial charge in [-0.3, -0.25) is 4.79 Å². The lowest BCUT2D eigenvalue weighted by molar-refractivity contribution is -0.127. The second kappa shape index (κ2) is 9.27. The first-order valence-electron chi connectivity index (χ1n) is 7.63. The van der Waals surface area contributed by atoms with Gasteiger partial charge in [-0.05, 0) is 43.4 Å². The van der Waals surface area contributed by atoms with E-state index in [9.17, 15) is 13.6 Å². The Morgan fingerprint density at radius 2 is 1.92 bits per heavy atom. The van der Waals surface area contributed by atoms with Gasteiger partial charge in [0.25, 0.3) is 5.91 Å². The molecule has 0 bridgehead atoms. The fourth-order valence-electron chi connectivity index (χ4n) is 1.94. The molecule has 0 aromatic heterocycles. The lowest BCUT2D eigenvalue weighted by Gasteiger charge is -2.14. The van der Waals surface area contributed by atoms with E-state index in [-0.39, 0.29) is 11.7 Å². The van der Waals surface area contributed by atoms with Crippen LogP contribution in [0, 0.1) is 11.6 Å². The van der Waals surface area contributed by atoms with E-state index in [1.54, 1.807) is 18.7 Å². The maximum absolute atomic E-state index is 13.1. The number of amides is 1. The van der Waals surface area contributed by atoms with E-state index in [0.29, 0.717) is 6.54 Å². The average molecular weight is 351 g/mol. The summed E-state index contributed by atoms with van der Waals surface area (Å²) in [5, 5.41) is 2.77. The van der Waals surface area contributed by atoms with E-state index in [1.165, 1.54) is 11.0 Å². The Morgan fingerprint density at radius 1 is 1.17 bits per heavy atom. The summed E-state index contributed by atoms with van der Waals surface area (Å²) >= 11 is 1.73. The Hall–Kier alpha value is -2.08. The Balaban J connectivity index is 1.67. The van der Waals surface area contributed by atoms with Crippen LogP contribution in [0.4, 0.5) is 8.78 Å². The van der Waals surface area contributed by atoms with E-state index < -0.39 is 17.7 Å². The molecule has 2 aromatic carbocycles. The summed E-state index contributed by atoms with van der Waals surface area (Å²) in [6.07, 6.45) is 0.0417. The van der Waals surface area contributed by atoms with Crippen molar-refractivity contribution in [3.63, 3.8) is 0 Å². The van der Waals surface area contributed by atoms with Crippen LogP contribution in [0.5, 0.6) is 5.75 Å². The molecule has 0 aliphatic heterocycles. The number of carbonyl (C=O) groups excluding carboxylic acids is 1. The highest BCUT2D eigenvalue weighted by Crippen LogP contribution is 2.18. The number of halogens is 2. The monoisotopic (exact) mass is 351 g/mol. The number of ether oxygens (including phenoxy) is 1. The summed E-state index contributed by atoms with van der Waals surface area (Å²) in [5.41, 5.74) is 0. The second-order valence-electron chi connectivity index (χ2n) is 5.14. The molecule has 0 fully saturated rings. The maximum atomic E-state index is 13.1.